The van der Waals surface area contributed by atoms with Gasteiger partial charge in [-0.1, -0.05) is 31.0 Å². The van der Waals surface area contributed by atoms with Crippen molar-refractivity contribution in [3.63, 3.8) is 0 Å². The Morgan fingerprint density at radius 2 is 2.00 bits per heavy atom. The third-order valence-corrected chi connectivity index (χ3v) is 4.25. The molecule has 1 aliphatic carbocycles. The van der Waals surface area contributed by atoms with Crippen molar-refractivity contribution in [3.05, 3.63) is 29.8 Å². The molecule has 1 saturated carbocycles. The predicted molar refractivity (Wildman–Crippen MR) is 74.1 cm³/mol. The largest absolute Gasteiger partial charge is 0.480 e. The van der Waals surface area contributed by atoms with Crippen molar-refractivity contribution in [2.75, 3.05) is 6.54 Å². The van der Waals surface area contributed by atoms with E-state index in [1.807, 2.05) is 18.2 Å². The number of fused-ring (bicyclic) bond motifs is 1. The smallest absolute Gasteiger partial charge is 0.261 e. The number of benzene rings is 1. The van der Waals surface area contributed by atoms with Gasteiger partial charge < -0.3 is 10.1 Å². The highest BCUT2D eigenvalue weighted by Gasteiger charge is 2.26. The van der Waals surface area contributed by atoms with Gasteiger partial charge in [0.2, 0.25) is 0 Å². The highest BCUT2D eigenvalue weighted by molar-refractivity contribution is 5.81. The fourth-order valence-corrected chi connectivity index (χ4v) is 3.08. The predicted octanol–water partition coefficient (Wildman–Crippen LogP) is 2.69. The standard InChI is InChI=1S/C16H21NO2/c18-16(17-11-12-5-1-2-6-12)15-10-9-13-7-3-4-8-14(13)19-15/h3-4,7-8,12,15H,1-2,5-6,9-11H2,(H,17,18). The molecule has 1 fully saturated rings. The van der Waals surface area contributed by atoms with Crippen molar-refractivity contribution in [2.45, 2.75) is 44.6 Å². The molecule has 19 heavy (non-hydrogen) atoms. The van der Waals surface area contributed by atoms with Crippen LogP contribution in [0.5, 0.6) is 5.75 Å². The Kier molecular flexibility index (Phi) is 3.72. The summed E-state index contributed by atoms with van der Waals surface area (Å²) in [5, 5.41) is 3.06. The van der Waals surface area contributed by atoms with Gasteiger partial charge in [0.1, 0.15) is 5.75 Å². The minimum Gasteiger partial charge on any atom is -0.480 e. The lowest BCUT2D eigenvalue weighted by Gasteiger charge is -2.25. The molecule has 2 aliphatic rings. The quantitative estimate of drug-likeness (QED) is 0.906. The number of nitrogens with one attached hydrogen (secondary N) is 1. The van der Waals surface area contributed by atoms with E-state index in [-0.39, 0.29) is 12.0 Å². The molecule has 1 aliphatic heterocycles. The van der Waals surface area contributed by atoms with Crippen molar-refractivity contribution in [1.82, 2.24) is 5.32 Å². The first-order chi connectivity index (χ1) is 9.33. The molecule has 3 heteroatoms. The Labute approximate surface area is 114 Å². The van der Waals surface area contributed by atoms with Crippen LogP contribution in [-0.4, -0.2) is 18.6 Å². The summed E-state index contributed by atoms with van der Waals surface area (Å²) in [4.78, 5) is 12.1. The second-order valence-electron chi connectivity index (χ2n) is 5.65. The van der Waals surface area contributed by atoms with Crippen LogP contribution in [0.1, 0.15) is 37.7 Å². The summed E-state index contributed by atoms with van der Waals surface area (Å²) < 4.78 is 5.80. The van der Waals surface area contributed by atoms with Crippen molar-refractivity contribution in [2.24, 2.45) is 5.92 Å². The molecule has 1 aromatic carbocycles. The van der Waals surface area contributed by atoms with Gasteiger partial charge in [0.15, 0.2) is 6.10 Å². The van der Waals surface area contributed by atoms with Gasteiger partial charge in [0, 0.05) is 6.54 Å². The highest BCUT2D eigenvalue weighted by Crippen LogP contribution is 2.27. The van der Waals surface area contributed by atoms with Crippen LogP contribution in [0, 0.1) is 5.92 Å². The minimum absolute atomic E-state index is 0.0569. The molecule has 3 nitrogen and oxygen atoms in total. The molecule has 0 radical (unpaired) electrons. The average molecular weight is 259 g/mol. The topological polar surface area (TPSA) is 38.3 Å². The van der Waals surface area contributed by atoms with E-state index in [0.29, 0.717) is 5.92 Å². The molecule has 0 aromatic heterocycles. The van der Waals surface area contributed by atoms with Gasteiger partial charge in [-0.25, -0.2) is 0 Å². The van der Waals surface area contributed by atoms with Crippen molar-refractivity contribution in [1.29, 1.82) is 0 Å². The molecule has 0 spiro atoms. The van der Waals surface area contributed by atoms with Crippen LogP contribution < -0.4 is 10.1 Å². The summed E-state index contributed by atoms with van der Waals surface area (Å²) >= 11 is 0. The molecular formula is C16H21NO2. The monoisotopic (exact) mass is 259 g/mol. The number of carbonyl (C=O) groups excluding carboxylic acids is 1. The highest BCUT2D eigenvalue weighted by atomic mass is 16.5. The number of rotatable bonds is 3. The van der Waals surface area contributed by atoms with Gasteiger partial charge >= 0.3 is 0 Å². The van der Waals surface area contributed by atoms with Crippen molar-refractivity contribution in [3.8, 4) is 5.75 Å². The van der Waals surface area contributed by atoms with Gasteiger partial charge in [-0.3, -0.25) is 4.79 Å². The third-order valence-electron chi connectivity index (χ3n) is 4.25. The normalized spacial score (nSPS) is 22.6. The summed E-state index contributed by atoms with van der Waals surface area (Å²) in [6, 6.07) is 7.99. The summed E-state index contributed by atoms with van der Waals surface area (Å²) in [6.45, 7) is 0.820. The first-order valence-electron chi connectivity index (χ1n) is 7.35. The number of hydrogen-bond donors (Lipinski definition) is 1. The number of ether oxygens (including phenoxy) is 1. The Balaban J connectivity index is 1.54. The first kappa shape index (κ1) is 12.5. The number of aryl methyl sites for hydroxylation is 1. The Bertz CT molecular complexity index is 452. The molecule has 1 heterocycles. The SMILES string of the molecule is O=C(NCC1CCCC1)C1CCc2ccccc2O1. The van der Waals surface area contributed by atoms with Gasteiger partial charge in [0.05, 0.1) is 0 Å². The third kappa shape index (κ3) is 2.91. The van der Waals surface area contributed by atoms with Gasteiger partial charge in [-0.05, 0) is 43.2 Å². The number of hydrogen-bond acceptors (Lipinski definition) is 2. The lowest BCUT2D eigenvalue weighted by atomic mass is 10.0. The van der Waals surface area contributed by atoms with Gasteiger partial charge in [0.25, 0.3) is 5.91 Å². The van der Waals surface area contributed by atoms with E-state index in [2.05, 4.69) is 11.4 Å². The lowest BCUT2D eigenvalue weighted by Crippen LogP contribution is -2.41. The maximum absolute atomic E-state index is 12.1. The van der Waals surface area contributed by atoms with E-state index >= 15 is 0 Å². The maximum atomic E-state index is 12.1. The number of para-hydroxylation sites is 1. The second-order valence-corrected chi connectivity index (χ2v) is 5.65. The van der Waals surface area contributed by atoms with Crippen LogP contribution >= 0.6 is 0 Å². The van der Waals surface area contributed by atoms with Crippen LogP contribution in [0.2, 0.25) is 0 Å². The van der Waals surface area contributed by atoms with E-state index in [9.17, 15) is 4.79 Å². The van der Waals surface area contributed by atoms with Crippen LogP contribution in [0.4, 0.5) is 0 Å². The molecule has 3 rings (SSSR count). The van der Waals surface area contributed by atoms with Crippen LogP contribution in [0.25, 0.3) is 0 Å². The van der Waals surface area contributed by atoms with Crippen molar-refractivity contribution < 1.29 is 9.53 Å². The van der Waals surface area contributed by atoms with Crippen LogP contribution in [0.15, 0.2) is 24.3 Å². The zero-order chi connectivity index (χ0) is 13.1. The van der Waals surface area contributed by atoms with Crippen LogP contribution in [0.3, 0.4) is 0 Å². The molecular weight excluding hydrogens is 238 g/mol. The fraction of sp³-hybridized carbons (Fsp3) is 0.562. The van der Waals surface area contributed by atoms with E-state index in [1.54, 1.807) is 0 Å². The first-order valence-corrected chi connectivity index (χ1v) is 7.35. The zero-order valence-electron chi connectivity index (χ0n) is 11.2. The van der Waals surface area contributed by atoms with Crippen molar-refractivity contribution >= 4 is 5.91 Å². The molecule has 1 N–H and O–H groups in total. The molecule has 102 valence electrons. The molecule has 0 bridgehead atoms. The summed E-state index contributed by atoms with van der Waals surface area (Å²) in [5.74, 6) is 1.61. The summed E-state index contributed by atoms with van der Waals surface area (Å²) in [6.07, 6.45) is 6.55. The molecule has 0 saturated heterocycles. The lowest BCUT2D eigenvalue weighted by molar-refractivity contribution is -0.128. The van der Waals surface area contributed by atoms with E-state index in [1.165, 1.54) is 31.2 Å². The molecule has 1 amide bonds. The molecule has 1 aromatic rings. The van der Waals surface area contributed by atoms with E-state index in [0.717, 1.165) is 25.1 Å². The van der Waals surface area contributed by atoms with Gasteiger partial charge in [-0.15, -0.1) is 0 Å². The van der Waals surface area contributed by atoms with Crippen LogP contribution in [-0.2, 0) is 11.2 Å². The minimum atomic E-state index is -0.309. The summed E-state index contributed by atoms with van der Waals surface area (Å²) in [7, 11) is 0. The second kappa shape index (κ2) is 5.64. The molecule has 1 unspecified atom stereocenters. The number of amides is 1. The summed E-state index contributed by atoms with van der Waals surface area (Å²) in [5.41, 5.74) is 1.21. The number of carbonyl (C=O) groups is 1. The zero-order valence-corrected chi connectivity index (χ0v) is 11.2. The fourth-order valence-electron chi connectivity index (χ4n) is 3.08. The maximum Gasteiger partial charge on any atom is 0.261 e. The molecule has 1 atom stereocenters. The Morgan fingerprint density at radius 3 is 2.84 bits per heavy atom. The van der Waals surface area contributed by atoms with E-state index < -0.39 is 0 Å². The Morgan fingerprint density at radius 1 is 1.21 bits per heavy atom. The van der Waals surface area contributed by atoms with Gasteiger partial charge in [-0.2, -0.15) is 0 Å². The Hall–Kier alpha value is -1.51. The van der Waals surface area contributed by atoms with E-state index in [4.69, 9.17) is 4.74 Å². The average Bonchev–Trinajstić information content (AvgIpc) is 2.97.